The third-order valence-electron chi connectivity index (χ3n) is 4.50. The van der Waals surface area contributed by atoms with E-state index in [1.165, 1.54) is 11.8 Å². The van der Waals surface area contributed by atoms with E-state index in [0.717, 1.165) is 30.7 Å². The van der Waals surface area contributed by atoms with E-state index in [2.05, 4.69) is 36.0 Å². The zero-order valence-corrected chi connectivity index (χ0v) is 14.2. The quantitative estimate of drug-likeness (QED) is 0.755. The van der Waals surface area contributed by atoms with Gasteiger partial charge in [-0.2, -0.15) is 18.2 Å². The first kappa shape index (κ1) is 17.6. The maximum atomic E-state index is 12.5. The first-order valence-electron chi connectivity index (χ1n) is 8.51. The molecule has 0 radical (unpaired) electrons. The summed E-state index contributed by atoms with van der Waals surface area (Å²) in [6.45, 7) is 0.570. The van der Waals surface area contributed by atoms with Crippen LogP contribution < -0.4 is 5.32 Å². The molecule has 3 heterocycles. The number of aromatic nitrogens is 4. The Morgan fingerprint density at radius 3 is 2.81 bits per heavy atom. The molecule has 3 aromatic rings. The van der Waals surface area contributed by atoms with Gasteiger partial charge in [-0.1, -0.05) is 11.2 Å². The summed E-state index contributed by atoms with van der Waals surface area (Å²) in [6, 6.07) is 7.77. The zero-order valence-electron chi connectivity index (χ0n) is 14.2. The Labute approximate surface area is 152 Å². The van der Waals surface area contributed by atoms with E-state index >= 15 is 0 Å². The molecule has 3 aromatic heterocycles. The molecule has 0 saturated heterocycles. The molecule has 1 aliphatic rings. The summed E-state index contributed by atoms with van der Waals surface area (Å²) < 4.78 is 41.8. The van der Waals surface area contributed by atoms with Crippen LogP contribution in [0.25, 0.3) is 11.4 Å². The summed E-state index contributed by atoms with van der Waals surface area (Å²) >= 11 is 0. The van der Waals surface area contributed by atoms with Crippen molar-refractivity contribution >= 4 is 0 Å². The van der Waals surface area contributed by atoms with E-state index in [-0.39, 0.29) is 5.82 Å². The standard InChI is InChI=1S/C18H16F3N5O/c19-18(20,21)17-25-16(26-27-17)12-3-4-14(23-9-12)10-24-13-5-6-15-11(8-13)2-1-7-22-15/h1-4,7,9,13,24H,5-6,8,10H2. The van der Waals surface area contributed by atoms with E-state index in [1.54, 1.807) is 12.1 Å². The molecule has 4 rings (SSSR count). The first-order valence-corrected chi connectivity index (χ1v) is 8.51. The maximum Gasteiger partial charge on any atom is 0.471 e. The highest BCUT2D eigenvalue weighted by atomic mass is 19.4. The second kappa shape index (κ2) is 7.07. The molecule has 0 saturated carbocycles. The molecule has 140 valence electrons. The molecule has 0 spiro atoms. The number of hydrogen-bond acceptors (Lipinski definition) is 6. The van der Waals surface area contributed by atoms with Crippen molar-refractivity contribution in [3.8, 4) is 11.4 Å². The minimum atomic E-state index is -4.66. The van der Waals surface area contributed by atoms with Crippen molar-refractivity contribution in [2.45, 2.75) is 38.0 Å². The number of rotatable bonds is 4. The number of hydrogen-bond donors (Lipinski definition) is 1. The average Bonchev–Trinajstić information content (AvgIpc) is 3.17. The summed E-state index contributed by atoms with van der Waals surface area (Å²) in [7, 11) is 0. The van der Waals surface area contributed by atoms with Crippen molar-refractivity contribution in [1.82, 2.24) is 25.4 Å². The molecule has 0 bridgehead atoms. The van der Waals surface area contributed by atoms with Gasteiger partial charge in [0.05, 0.1) is 5.69 Å². The fourth-order valence-electron chi connectivity index (χ4n) is 3.10. The monoisotopic (exact) mass is 375 g/mol. The molecule has 1 unspecified atom stereocenters. The third-order valence-corrected chi connectivity index (χ3v) is 4.50. The van der Waals surface area contributed by atoms with Crippen molar-refractivity contribution in [3.05, 3.63) is 59.5 Å². The Morgan fingerprint density at radius 2 is 2.07 bits per heavy atom. The Morgan fingerprint density at radius 1 is 1.19 bits per heavy atom. The smallest absolute Gasteiger partial charge is 0.329 e. The van der Waals surface area contributed by atoms with Crippen LogP contribution in [-0.2, 0) is 25.6 Å². The van der Waals surface area contributed by atoms with E-state index < -0.39 is 12.1 Å². The van der Waals surface area contributed by atoms with Crippen molar-refractivity contribution in [2.24, 2.45) is 0 Å². The van der Waals surface area contributed by atoms with Gasteiger partial charge >= 0.3 is 12.1 Å². The van der Waals surface area contributed by atoms with Crippen LogP contribution in [-0.4, -0.2) is 26.2 Å². The highest BCUT2D eigenvalue weighted by Crippen LogP contribution is 2.29. The molecular weight excluding hydrogens is 359 g/mol. The predicted octanol–water partition coefficient (Wildman–Crippen LogP) is 3.19. The molecule has 9 heteroatoms. The van der Waals surface area contributed by atoms with Crippen molar-refractivity contribution in [1.29, 1.82) is 0 Å². The predicted molar refractivity (Wildman–Crippen MR) is 89.4 cm³/mol. The summed E-state index contributed by atoms with van der Waals surface area (Å²) in [4.78, 5) is 12.0. The van der Waals surface area contributed by atoms with E-state index in [4.69, 9.17) is 0 Å². The van der Waals surface area contributed by atoms with Crippen LogP contribution in [0.2, 0.25) is 0 Å². The zero-order chi connectivity index (χ0) is 18.9. The first-order chi connectivity index (χ1) is 13.0. The fraction of sp³-hybridized carbons (Fsp3) is 0.333. The molecule has 1 N–H and O–H groups in total. The molecule has 0 amide bonds. The minimum Gasteiger partial charge on any atom is -0.329 e. The largest absolute Gasteiger partial charge is 0.471 e. The Bertz CT molecular complexity index is 923. The van der Waals surface area contributed by atoms with Gasteiger partial charge in [-0.05, 0) is 43.0 Å². The third kappa shape index (κ3) is 3.97. The lowest BCUT2D eigenvalue weighted by molar-refractivity contribution is -0.159. The fourth-order valence-corrected chi connectivity index (χ4v) is 3.10. The van der Waals surface area contributed by atoms with Crippen LogP contribution in [0.15, 0.2) is 41.2 Å². The molecular formula is C18H16F3N5O. The molecule has 0 aliphatic heterocycles. The van der Waals surface area contributed by atoms with Gasteiger partial charge in [0.2, 0.25) is 5.82 Å². The van der Waals surface area contributed by atoms with E-state index in [1.807, 2.05) is 12.3 Å². The lowest BCUT2D eigenvalue weighted by Crippen LogP contribution is -2.34. The van der Waals surface area contributed by atoms with E-state index in [0.29, 0.717) is 18.2 Å². The minimum absolute atomic E-state index is 0.134. The number of pyridine rings is 2. The Balaban J connectivity index is 1.37. The summed E-state index contributed by atoms with van der Waals surface area (Å²) in [6.07, 6.45) is 1.48. The van der Waals surface area contributed by atoms with Crippen LogP contribution >= 0.6 is 0 Å². The average molecular weight is 375 g/mol. The molecule has 0 fully saturated rings. The van der Waals surface area contributed by atoms with Gasteiger partial charge in [-0.3, -0.25) is 9.97 Å². The second-order valence-corrected chi connectivity index (χ2v) is 6.39. The number of fused-ring (bicyclic) bond motifs is 1. The lowest BCUT2D eigenvalue weighted by Gasteiger charge is -2.24. The highest BCUT2D eigenvalue weighted by Gasteiger charge is 2.38. The highest BCUT2D eigenvalue weighted by molar-refractivity contribution is 5.52. The lowest BCUT2D eigenvalue weighted by atomic mass is 9.92. The number of aryl methyl sites for hydroxylation is 1. The van der Waals surface area contributed by atoms with Crippen molar-refractivity contribution in [3.63, 3.8) is 0 Å². The van der Waals surface area contributed by atoms with Gasteiger partial charge in [0, 0.05) is 36.2 Å². The molecule has 0 aromatic carbocycles. The summed E-state index contributed by atoms with van der Waals surface area (Å²) in [5, 5.41) is 6.83. The van der Waals surface area contributed by atoms with Gasteiger partial charge < -0.3 is 9.84 Å². The van der Waals surface area contributed by atoms with Crippen molar-refractivity contribution in [2.75, 3.05) is 0 Å². The van der Waals surface area contributed by atoms with Gasteiger partial charge in [0.1, 0.15) is 0 Å². The normalized spacial score (nSPS) is 16.9. The van der Waals surface area contributed by atoms with Crippen LogP contribution in [0, 0.1) is 0 Å². The molecule has 1 atom stereocenters. The number of halogens is 3. The molecule has 6 nitrogen and oxygen atoms in total. The van der Waals surface area contributed by atoms with Crippen LogP contribution in [0.4, 0.5) is 13.2 Å². The Hall–Kier alpha value is -2.81. The van der Waals surface area contributed by atoms with Crippen LogP contribution in [0.3, 0.4) is 0 Å². The number of nitrogens with zero attached hydrogens (tertiary/aromatic N) is 4. The molecule has 1 aliphatic carbocycles. The molecule has 27 heavy (non-hydrogen) atoms. The van der Waals surface area contributed by atoms with Crippen LogP contribution in [0.1, 0.15) is 29.3 Å². The van der Waals surface area contributed by atoms with Gasteiger partial charge in [0.25, 0.3) is 0 Å². The van der Waals surface area contributed by atoms with Gasteiger partial charge in [-0.25, -0.2) is 0 Å². The Kier molecular flexibility index (Phi) is 4.61. The van der Waals surface area contributed by atoms with Crippen LogP contribution in [0.5, 0.6) is 0 Å². The SMILES string of the molecule is FC(F)(F)c1nc(-c2ccc(CNC3CCc4ncccc4C3)nc2)no1. The van der Waals surface area contributed by atoms with Gasteiger partial charge in [0.15, 0.2) is 0 Å². The second-order valence-electron chi connectivity index (χ2n) is 6.39. The number of nitrogens with one attached hydrogen (secondary N) is 1. The van der Waals surface area contributed by atoms with Gasteiger partial charge in [-0.15, -0.1) is 0 Å². The summed E-state index contributed by atoms with van der Waals surface area (Å²) in [5.74, 6) is -1.50. The van der Waals surface area contributed by atoms with E-state index in [9.17, 15) is 13.2 Å². The summed E-state index contributed by atoms with van der Waals surface area (Å²) in [5.41, 5.74) is 3.59. The topological polar surface area (TPSA) is 76.7 Å². The number of alkyl halides is 3. The maximum absolute atomic E-state index is 12.5. The van der Waals surface area contributed by atoms with Crippen molar-refractivity contribution < 1.29 is 17.7 Å².